The van der Waals surface area contributed by atoms with Crippen LogP contribution in [0.1, 0.15) is 19.3 Å². The Morgan fingerprint density at radius 2 is 1.94 bits per heavy atom. The van der Waals surface area contributed by atoms with Crippen LogP contribution in [0.15, 0.2) is 0 Å². The van der Waals surface area contributed by atoms with Crippen molar-refractivity contribution in [2.75, 3.05) is 39.3 Å². The van der Waals surface area contributed by atoms with E-state index in [1.165, 1.54) is 12.8 Å². The van der Waals surface area contributed by atoms with E-state index in [4.69, 9.17) is 5.11 Å². The molecule has 0 aromatic rings. The number of carboxylic acid groups (broad SMARTS) is 1. The molecule has 0 bridgehead atoms. The normalized spacial score (nSPS) is 24.4. The molecule has 102 valence electrons. The van der Waals surface area contributed by atoms with Crippen molar-refractivity contribution >= 4 is 12.0 Å². The Bertz CT molecular complexity index is 316. The van der Waals surface area contributed by atoms with Crippen LogP contribution in [0.3, 0.4) is 0 Å². The van der Waals surface area contributed by atoms with E-state index in [0.717, 1.165) is 19.6 Å². The summed E-state index contributed by atoms with van der Waals surface area (Å²) in [6.07, 6.45) is 3.07. The van der Waals surface area contributed by atoms with E-state index in [0.29, 0.717) is 26.1 Å². The number of carboxylic acids is 1. The second-order valence-corrected chi connectivity index (χ2v) is 5.05. The largest absolute Gasteiger partial charge is 0.481 e. The average Bonchev–Trinajstić information content (AvgIpc) is 2.99. The third kappa shape index (κ3) is 3.35. The van der Waals surface area contributed by atoms with Crippen LogP contribution in [0.2, 0.25) is 0 Å². The molecule has 2 saturated heterocycles. The highest BCUT2D eigenvalue weighted by Gasteiger charge is 2.30. The van der Waals surface area contributed by atoms with Gasteiger partial charge in [-0.1, -0.05) is 0 Å². The van der Waals surface area contributed by atoms with Crippen LogP contribution in [-0.4, -0.2) is 66.2 Å². The number of likely N-dealkylation sites (tertiary alicyclic amines) is 2. The third-order valence-electron chi connectivity index (χ3n) is 3.73. The molecule has 0 aromatic carbocycles. The van der Waals surface area contributed by atoms with Crippen LogP contribution >= 0.6 is 0 Å². The zero-order chi connectivity index (χ0) is 13.0. The molecule has 2 amide bonds. The van der Waals surface area contributed by atoms with E-state index in [1.54, 1.807) is 4.90 Å². The van der Waals surface area contributed by atoms with Crippen LogP contribution in [-0.2, 0) is 4.79 Å². The molecule has 2 rings (SSSR count). The molecule has 0 saturated carbocycles. The highest BCUT2D eigenvalue weighted by atomic mass is 16.4. The Balaban J connectivity index is 1.64. The molecule has 0 aliphatic carbocycles. The minimum absolute atomic E-state index is 0.127. The fourth-order valence-corrected chi connectivity index (χ4v) is 2.59. The number of hydrogen-bond donors (Lipinski definition) is 2. The summed E-state index contributed by atoms with van der Waals surface area (Å²) < 4.78 is 0. The van der Waals surface area contributed by atoms with E-state index < -0.39 is 11.9 Å². The molecule has 2 aliphatic rings. The predicted molar refractivity (Wildman–Crippen MR) is 66.4 cm³/mol. The van der Waals surface area contributed by atoms with Crippen molar-refractivity contribution in [3.8, 4) is 0 Å². The molecule has 1 unspecified atom stereocenters. The van der Waals surface area contributed by atoms with Gasteiger partial charge < -0.3 is 20.2 Å². The topological polar surface area (TPSA) is 72.9 Å². The summed E-state index contributed by atoms with van der Waals surface area (Å²) >= 11 is 0. The van der Waals surface area contributed by atoms with Gasteiger partial charge in [0.15, 0.2) is 0 Å². The zero-order valence-electron chi connectivity index (χ0n) is 10.6. The SMILES string of the molecule is O=C(O)C1CCN(C(=O)NCCN2CCCC2)C1. The summed E-state index contributed by atoms with van der Waals surface area (Å²) in [5.41, 5.74) is 0. The molecule has 2 heterocycles. The number of nitrogens with zero attached hydrogens (tertiary/aromatic N) is 2. The number of carbonyl (C=O) groups excluding carboxylic acids is 1. The number of aliphatic carboxylic acids is 1. The number of rotatable bonds is 4. The maximum atomic E-state index is 11.8. The number of amides is 2. The highest BCUT2D eigenvalue weighted by molar-refractivity contribution is 5.77. The van der Waals surface area contributed by atoms with Crippen molar-refractivity contribution in [3.63, 3.8) is 0 Å². The van der Waals surface area contributed by atoms with Crippen molar-refractivity contribution in [2.24, 2.45) is 5.92 Å². The second-order valence-electron chi connectivity index (χ2n) is 5.05. The van der Waals surface area contributed by atoms with Crippen LogP contribution in [0.5, 0.6) is 0 Å². The van der Waals surface area contributed by atoms with E-state index in [1.807, 2.05) is 0 Å². The van der Waals surface area contributed by atoms with Crippen molar-refractivity contribution < 1.29 is 14.7 Å². The van der Waals surface area contributed by atoms with Gasteiger partial charge in [-0.15, -0.1) is 0 Å². The van der Waals surface area contributed by atoms with E-state index in [-0.39, 0.29) is 6.03 Å². The molecule has 2 fully saturated rings. The summed E-state index contributed by atoms with van der Waals surface area (Å²) in [7, 11) is 0. The van der Waals surface area contributed by atoms with Gasteiger partial charge in [0, 0.05) is 26.2 Å². The zero-order valence-corrected chi connectivity index (χ0v) is 10.6. The van der Waals surface area contributed by atoms with Crippen molar-refractivity contribution in [1.82, 2.24) is 15.1 Å². The van der Waals surface area contributed by atoms with E-state index in [2.05, 4.69) is 10.2 Å². The maximum Gasteiger partial charge on any atom is 0.317 e. The number of nitrogens with one attached hydrogen (secondary N) is 1. The average molecular weight is 255 g/mol. The van der Waals surface area contributed by atoms with Crippen LogP contribution in [0.25, 0.3) is 0 Å². The molecule has 1 atom stereocenters. The van der Waals surface area contributed by atoms with Gasteiger partial charge in [0.05, 0.1) is 5.92 Å². The van der Waals surface area contributed by atoms with Crippen LogP contribution < -0.4 is 5.32 Å². The number of urea groups is 1. The van der Waals surface area contributed by atoms with E-state index >= 15 is 0 Å². The van der Waals surface area contributed by atoms with Crippen LogP contribution in [0.4, 0.5) is 4.79 Å². The lowest BCUT2D eigenvalue weighted by molar-refractivity contribution is -0.141. The highest BCUT2D eigenvalue weighted by Crippen LogP contribution is 2.16. The molecule has 6 nitrogen and oxygen atoms in total. The molecular formula is C12H21N3O3. The second kappa shape index (κ2) is 6.04. The van der Waals surface area contributed by atoms with Gasteiger partial charge in [-0.3, -0.25) is 4.79 Å². The van der Waals surface area contributed by atoms with E-state index in [9.17, 15) is 9.59 Å². The molecule has 0 spiro atoms. The molecule has 0 aromatic heterocycles. The lowest BCUT2D eigenvalue weighted by Gasteiger charge is -2.19. The summed E-state index contributed by atoms with van der Waals surface area (Å²) in [6, 6.07) is -0.127. The Morgan fingerprint density at radius 3 is 2.56 bits per heavy atom. The fourth-order valence-electron chi connectivity index (χ4n) is 2.59. The number of hydrogen-bond acceptors (Lipinski definition) is 3. The summed E-state index contributed by atoms with van der Waals surface area (Å²) in [4.78, 5) is 26.5. The molecule has 18 heavy (non-hydrogen) atoms. The standard InChI is InChI=1S/C12H21N3O3/c16-11(17)10-3-7-15(9-10)12(18)13-4-8-14-5-1-2-6-14/h10H,1-9H2,(H,13,18)(H,16,17). The smallest absolute Gasteiger partial charge is 0.317 e. The molecule has 2 N–H and O–H groups in total. The van der Waals surface area contributed by atoms with Crippen molar-refractivity contribution in [2.45, 2.75) is 19.3 Å². The van der Waals surface area contributed by atoms with Crippen molar-refractivity contribution in [1.29, 1.82) is 0 Å². The Kier molecular flexibility index (Phi) is 4.41. The minimum atomic E-state index is -0.803. The Hall–Kier alpha value is -1.30. The van der Waals surface area contributed by atoms with Crippen molar-refractivity contribution in [3.05, 3.63) is 0 Å². The molecular weight excluding hydrogens is 234 g/mol. The first-order chi connectivity index (χ1) is 8.66. The first-order valence-corrected chi connectivity index (χ1v) is 6.65. The first kappa shape index (κ1) is 13.1. The lowest BCUT2D eigenvalue weighted by atomic mass is 10.1. The maximum absolute atomic E-state index is 11.8. The monoisotopic (exact) mass is 255 g/mol. The van der Waals surface area contributed by atoms with Gasteiger partial charge in [0.1, 0.15) is 0 Å². The van der Waals surface area contributed by atoms with Gasteiger partial charge in [-0.2, -0.15) is 0 Å². The fraction of sp³-hybridized carbons (Fsp3) is 0.833. The summed E-state index contributed by atoms with van der Waals surface area (Å²) in [5.74, 6) is -1.20. The molecule has 0 radical (unpaired) electrons. The lowest BCUT2D eigenvalue weighted by Crippen LogP contribution is -2.42. The summed E-state index contributed by atoms with van der Waals surface area (Å²) in [6.45, 7) is 4.67. The van der Waals surface area contributed by atoms with Gasteiger partial charge in [-0.25, -0.2) is 4.79 Å². The van der Waals surface area contributed by atoms with Gasteiger partial charge in [0.2, 0.25) is 0 Å². The summed E-state index contributed by atoms with van der Waals surface area (Å²) in [5, 5.41) is 11.7. The predicted octanol–water partition coefficient (Wildman–Crippen LogP) is 0.198. The molecule has 6 heteroatoms. The third-order valence-corrected chi connectivity index (χ3v) is 3.73. The number of carbonyl (C=O) groups is 2. The quantitative estimate of drug-likeness (QED) is 0.752. The Labute approximate surface area is 107 Å². The van der Waals surface area contributed by atoms with Gasteiger partial charge in [-0.05, 0) is 32.4 Å². The molecule has 2 aliphatic heterocycles. The Morgan fingerprint density at radius 1 is 1.22 bits per heavy atom. The first-order valence-electron chi connectivity index (χ1n) is 6.65. The van der Waals surface area contributed by atoms with Gasteiger partial charge in [0.25, 0.3) is 0 Å². The minimum Gasteiger partial charge on any atom is -0.481 e. The van der Waals surface area contributed by atoms with Gasteiger partial charge >= 0.3 is 12.0 Å². The van der Waals surface area contributed by atoms with Crippen LogP contribution in [0, 0.1) is 5.92 Å².